The number of benzene rings is 2. The zero-order chi connectivity index (χ0) is 19.1. The van der Waals surface area contributed by atoms with E-state index in [4.69, 9.17) is 23.8 Å². The van der Waals surface area contributed by atoms with E-state index < -0.39 is 5.82 Å². The number of aromatic nitrogens is 3. The van der Waals surface area contributed by atoms with Crippen LogP contribution in [0.3, 0.4) is 0 Å². The Morgan fingerprint density at radius 1 is 1.19 bits per heavy atom. The van der Waals surface area contributed by atoms with Crippen molar-refractivity contribution in [2.75, 3.05) is 0 Å². The van der Waals surface area contributed by atoms with Gasteiger partial charge < -0.3 is 0 Å². The van der Waals surface area contributed by atoms with Crippen molar-refractivity contribution in [1.82, 2.24) is 14.1 Å². The molecule has 0 spiro atoms. The molecule has 0 atom stereocenters. The molecule has 27 heavy (non-hydrogen) atoms. The topological polar surface area (TPSA) is 39.8 Å². The first kappa shape index (κ1) is 18.5. The van der Waals surface area contributed by atoms with Crippen LogP contribution in [0.5, 0.6) is 0 Å². The molecular weight excluding hydrogens is 473 g/mol. The molecule has 0 aliphatic carbocycles. The molecule has 2 heterocycles. The monoisotopic (exact) mass is 481 g/mol. The number of hydrogen-bond donors (Lipinski definition) is 0. The molecule has 0 N–H and O–H groups in total. The molecule has 0 saturated carbocycles. The van der Waals surface area contributed by atoms with Crippen molar-refractivity contribution < 1.29 is 4.39 Å². The number of rotatable bonds is 3. The fraction of sp³-hybridized carbons (Fsp3) is 0.0556. The van der Waals surface area contributed by atoms with E-state index in [1.54, 1.807) is 41.0 Å². The second-order valence-corrected chi connectivity index (χ2v) is 8.23. The number of alkyl halides is 1. The largest absolute Gasteiger partial charge is 0.277 e. The Labute approximate surface area is 175 Å². The van der Waals surface area contributed by atoms with E-state index in [-0.39, 0.29) is 16.6 Å². The predicted molar refractivity (Wildman–Crippen MR) is 113 cm³/mol. The van der Waals surface area contributed by atoms with Crippen LogP contribution in [0.2, 0.25) is 5.02 Å². The minimum atomic E-state index is -0.499. The highest BCUT2D eigenvalue weighted by atomic mass is 79.9. The van der Waals surface area contributed by atoms with E-state index in [9.17, 15) is 9.18 Å². The van der Waals surface area contributed by atoms with E-state index in [0.717, 1.165) is 17.0 Å². The molecule has 4 aromatic rings. The summed E-state index contributed by atoms with van der Waals surface area (Å²) in [6.07, 6.45) is 0. The number of para-hydroxylation sites is 1. The van der Waals surface area contributed by atoms with Crippen LogP contribution >= 0.6 is 51.1 Å². The Kier molecular flexibility index (Phi) is 4.98. The van der Waals surface area contributed by atoms with E-state index in [1.807, 2.05) is 6.07 Å². The van der Waals surface area contributed by atoms with Crippen molar-refractivity contribution in [1.29, 1.82) is 0 Å². The molecule has 0 saturated heterocycles. The van der Waals surface area contributed by atoms with E-state index in [0.29, 0.717) is 25.1 Å². The lowest BCUT2D eigenvalue weighted by molar-refractivity contribution is 0.613. The second-order valence-electron chi connectivity index (χ2n) is 5.59. The van der Waals surface area contributed by atoms with Crippen molar-refractivity contribution >= 4 is 61.4 Å². The Balaban J connectivity index is 2.09. The highest BCUT2D eigenvalue weighted by Crippen LogP contribution is 2.26. The van der Waals surface area contributed by atoms with Crippen molar-refractivity contribution in [3.63, 3.8) is 0 Å². The molecule has 4 rings (SSSR count). The Morgan fingerprint density at radius 2 is 1.96 bits per heavy atom. The summed E-state index contributed by atoms with van der Waals surface area (Å²) >= 11 is 16.1. The van der Waals surface area contributed by atoms with Crippen molar-refractivity contribution in [3.05, 3.63) is 79.5 Å². The van der Waals surface area contributed by atoms with Crippen molar-refractivity contribution in [3.8, 4) is 11.4 Å². The van der Waals surface area contributed by atoms with Gasteiger partial charge in [0.2, 0.25) is 0 Å². The van der Waals surface area contributed by atoms with Crippen LogP contribution in [0.1, 0.15) is 5.82 Å². The minimum Gasteiger partial charge on any atom is -0.275 e. The Hall–Kier alpha value is -1.87. The lowest BCUT2D eigenvalue weighted by Gasteiger charge is -2.12. The van der Waals surface area contributed by atoms with Crippen molar-refractivity contribution in [2.45, 2.75) is 5.33 Å². The van der Waals surface area contributed by atoms with Gasteiger partial charge in [0.1, 0.15) is 16.3 Å². The summed E-state index contributed by atoms with van der Waals surface area (Å²) in [5.41, 5.74) is 0.936. The summed E-state index contributed by atoms with van der Waals surface area (Å²) in [5.74, 6) is -0.123. The Morgan fingerprint density at radius 3 is 2.67 bits per heavy atom. The Bertz CT molecular complexity index is 1300. The number of nitrogens with zero attached hydrogens (tertiary/aromatic N) is 3. The SMILES string of the molecule is O=c1c2sc(=S)n(-c3cccc(Cl)c3)c2nc(CBr)n1-c1ccccc1F. The number of fused-ring (bicyclic) bond motifs is 1. The van der Waals surface area contributed by atoms with Gasteiger partial charge in [0.15, 0.2) is 9.60 Å². The van der Waals surface area contributed by atoms with Crippen LogP contribution in [0.25, 0.3) is 21.7 Å². The minimum absolute atomic E-state index is 0.153. The molecule has 0 aliphatic heterocycles. The summed E-state index contributed by atoms with van der Waals surface area (Å²) in [5, 5.41) is 0.819. The lowest BCUT2D eigenvalue weighted by atomic mass is 10.3. The summed E-state index contributed by atoms with van der Waals surface area (Å²) < 4.78 is 18.1. The van der Waals surface area contributed by atoms with Gasteiger partial charge in [-0.1, -0.05) is 57.1 Å². The van der Waals surface area contributed by atoms with Gasteiger partial charge in [0.05, 0.1) is 16.7 Å². The normalized spacial score (nSPS) is 11.2. The van der Waals surface area contributed by atoms with E-state index >= 15 is 0 Å². The van der Waals surface area contributed by atoms with Crippen LogP contribution in [0.15, 0.2) is 53.3 Å². The zero-order valence-corrected chi connectivity index (χ0v) is 17.5. The fourth-order valence-electron chi connectivity index (χ4n) is 2.81. The van der Waals surface area contributed by atoms with Gasteiger partial charge in [-0.25, -0.2) is 9.37 Å². The first-order chi connectivity index (χ1) is 13.0. The molecular formula is C18H10BrClFN3OS2. The van der Waals surface area contributed by atoms with Crippen LogP contribution in [-0.2, 0) is 5.33 Å². The quantitative estimate of drug-likeness (QED) is 0.280. The third kappa shape index (κ3) is 3.16. The van der Waals surface area contributed by atoms with Crippen LogP contribution in [0, 0.1) is 9.77 Å². The number of hydrogen-bond acceptors (Lipinski definition) is 4. The van der Waals surface area contributed by atoms with Crippen LogP contribution < -0.4 is 5.56 Å². The zero-order valence-electron chi connectivity index (χ0n) is 13.5. The molecule has 0 bridgehead atoms. The van der Waals surface area contributed by atoms with Crippen LogP contribution in [0.4, 0.5) is 4.39 Å². The van der Waals surface area contributed by atoms with Gasteiger partial charge >= 0.3 is 0 Å². The molecule has 0 amide bonds. The van der Waals surface area contributed by atoms with Gasteiger partial charge in [-0.3, -0.25) is 13.9 Å². The summed E-state index contributed by atoms with van der Waals surface area (Å²) in [7, 11) is 0. The maximum Gasteiger partial charge on any atom is 0.277 e. The molecule has 2 aromatic carbocycles. The van der Waals surface area contributed by atoms with Gasteiger partial charge in [0, 0.05) is 5.02 Å². The number of thiazole rings is 1. The summed E-state index contributed by atoms with van der Waals surface area (Å²) in [6, 6.07) is 13.2. The van der Waals surface area contributed by atoms with Crippen LogP contribution in [-0.4, -0.2) is 14.1 Å². The average Bonchev–Trinajstić information content (AvgIpc) is 2.99. The fourth-order valence-corrected chi connectivity index (χ4v) is 4.68. The van der Waals surface area contributed by atoms with Gasteiger partial charge in [-0.05, 0) is 42.5 Å². The smallest absolute Gasteiger partial charge is 0.275 e. The number of halogens is 3. The maximum absolute atomic E-state index is 14.3. The molecule has 0 radical (unpaired) electrons. The van der Waals surface area contributed by atoms with Crippen molar-refractivity contribution in [2.24, 2.45) is 0 Å². The maximum atomic E-state index is 14.3. The highest BCUT2D eigenvalue weighted by molar-refractivity contribution is 9.08. The average molecular weight is 483 g/mol. The van der Waals surface area contributed by atoms with Gasteiger partial charge in [-0.15, -0.1) is 0 Å². The van der Waals surface area contributed by atoms with E-state index in [2.05, 4.69) is 20.9 Å². The molecule has 0 aliphatic rings. The molecule has 9 heteroatoms. The molecule has 4 nitrogen and oxygen atoms in total. The molecule has 2 aromatic heterocycles. The van der Waals surface area contributed by atoms with Gasteiger partial charge in [-0.2, -0.15) is 0 Å². The second kappa shape index (κ2) is 7.27. The molecule has 136 valence electrons. The first-order valence-corrected chi connectivity index (χ1v) is 10.5. The highest BCUT2D eigenvalue weighted by Gasteiger charge is 2.19. The third-order valence-corrected chi connectivity index (χ3v) is 6.04. The third-order valence-electron chi connectivity index (χ3n) is 3.96. The predicted octanol–water partition coefficient (Wildman–Crippen LogP) is 5.65. The molecule has 0 fully saturated rings. The first-order valence-electron chi connectivity index (χ1n) is 7.75. The standard InChI is InChI=1S/C18H10BrClFN3OS2/c19-9-14-22-16-15(17(25)24(14)13-7-2-1-6-12(13)21)27-18(26)23(16)11-5-3-4-10(20)8-11/h1-8H,9H2. The van der Waals surface area contributed by atoms with Gasteiger partial charge in [0.25, 0.3) is 5.56 Å². The lowest BCUT2D eigenvalue weighted by Crippen LogP contribution is -2.24. The van der Waals surface area contributed by atoms with E-state index in [1.165, 1.54) is 10.6 Å². The summed E-state index contributed by atoms with van der Waals surface area (Å²) in [4.78, 5) is 17.8. The molecule has 0 unspecified atom stereocenters. The summed E-state index contributed by atoms with van der Waals surface area (Å²) in [6.45, 7) is 0.